The number of carbonyl (C=O) groups excluding carboxylic acids is 1. The van der Waals surface area contributed by atoms with Gasteiger partial charge in [-0.3, -0.25) is 5.10 Å². The first-order chi connectivity index (χ1) is 12.3. The van der Waals surface area contributed by atoms with E-state index >= 15 is 0 Å². The summed E-state index contributed by atoms with van der Waals surface area (Å²) in [6, 6.07) is 0.155. The predicted molar refractivity (Wildman–Crippen MR) is 94.2 cm³/mol. The van der Waals surface area contributed by atoms with Gasteiger partial charge in [0.15, 0.2) is 0 Å². The molecule has 1 atom stereocenters. The maximum atomic E-state index is 12.6. The first kappa shape index (κ1) is 16.2. The Bertz CT molecular complexity index is 684. The van der Waals surface area contributed by atoms with Gasteiger partial charge in [-0.2, -0.15) is 5.10 Å². The molecule has 2 amide bonds. The zero-order valence-electron chi connectivity index (χ0n) is 14.6. The minimum Gasteiger partial charge on any atom is -0.338 e. The Hall–Kier alpha value is -2.31. The number of nitrogens with zero attached hydrogens (tertiary/aromatic N) is 4. The number of aromatic nitrogens is 4. The van der Waals surface area contributed by atoms with Crippen LogP contribution < -0.4 is 5.32 Å². The van der Waals surface area contributed by atoms with Crippen LogP contribution in [0.2, 0.25) is 0 Å². The molecule has 1 fully saturated rings. The number of H-pyrrole nitrogens is 1. The summed E-state index contributed by atoms with van der Waals surface area (Å²) in [5.41, 5.74) is 2.18. The summed E-state index contributed by atoms with van der Waals surface area (Å²) < 4.78 is 2.26. The Labute approximate surface area is 147 Å². The molecule has 7 nitrogen and oxygen atoms in total. The second-order valence-corrected chi connectivity index (χ2v) is 7.02. The van der Waals surface area contributed by atoms with E-state index < -0.39 is 0 Å². The molecule has 2 aromatic rings. The van der Waals surface area contributed by atoms with Crippen LogP contribution in [0.4, 0.5) is 4.79 Å². The van der Waals surface area contributed by atoms with E-state index in [9.17, 15) is 4.79 Å². The van der Waals surface area contributed by atoms with Gasteiger partial charge in [-0.05, 0) is 32.1 Å². The second kappa shape index (κ2) is 7.29. The fourth-order valence-corrected chi connectivity index (χ4v) is 3.96. The van der Waals surface area contributed by atoms with E-state index in [1.54, 1.807) is 0 Å². The van der Waals surface area contributed by atoms with Crippen molar-refractivity contribution in [2.45, 2.75) is 57.5 Å². The molecule has 0 radical (unpaired) electrons. The molecule has 7 heteroatoms. The van der Waals surface area contributed by atoms with E-state index in [-0.39, 0.29) is 12.1 Å². The fourth-order valence-electron chi connectivity index (χ4n) is 3.96. The average molecular weight is 342 g/mol. The molecule has 25 heavy (non-hydrogen) atoms. The molecule has 2 aliphatic heterocycles. The number of aryl methyl sites for hydroxylation is 2. The molecule has 0 aromatic carbocycles. The highest BCUT2D eigenvalue weighted by atomic mass is 16.2. The summed E-state index contributed by atoms with van der Waals surface area (Å²) in [5, 5.41) is 9.97. The van der Waals surface area contributed by atoms with Crippen LogP contribution in [0, 0.1) is 0 Å². The van der Waals surface area contributed by atoms with Crippen LogP contribution in [0.3, 0.4) is 0 Å². The number of piperidine rings is 1. The van der Waals surface area contributed by atoms with Crippen LogP contribution in [0.5, 0.6) is 0 Å². The number of urea groups is 1. The highest BCUT2D eigenvalue weighted by Gasteiger charge is 2.28. The maximum Gasteiger partial charge on any atom is 0.317 e. The molecule has 0 unspecified atom stereocenters. The monoisotopic (exact) mass is 342 g/mol. The van der Waals surface area contributed by atoms with E-state index in [2.05, 4.69) is 26.3 Å². The number of likely N-dealkylation sites (tertiary alicyclic amines) is 1. The van der Waals surface area contributed by atoms with E-state index in [1.807, 2.05) is 17.3 Å². The van der Waals surface area contributed by atoms with Crippen molar-refractivity contribution in [2.75, 3.05) is 13.1 Å². The molecule has 4 rings (SSSR count). The first-order valence-electron chi connectivity index (χ1n) is 9.39. The number of nitrogens with one attached hydrogen (secondary N) is 2. The van der Waals surface area contributed by atoms with Gasteiger partial charge in [-0.15, -0.1) is 0 Å². The lowest BCUT2D eigenvalue weighted by atomic mass is 9.98. The van der Waals surface area contributed by atoms with Crippen molar-refractivity contribution in [3.05, 3.63) is 35.7 Å². The quantitative estimate of drug-likeness (QED) is 0.895. The Kier molecular flexibility index (Phi) is 4.72. The number of aromatic amines is 1. The maximum absolute atomic E-state index is 12.6. The third-order valence-electron chi connectivity index (χ3n) is 5.28. The summed E-state index contributed by atoms with van der Waals surface area (Å²) in [5.74, 6) is 1.20. The standard InChI is InChI=1S/C18H26N6O/c25-18(24-10-4-1-5-16(24)14-11-20-21-12-14)19-8-7-15-13-23-9-3-2-6-17(23)22-15/h11-13,16H,1-10H2,(H,19,25)(H,20,21)/t16-/m0/s1. The molecular weight excluding hydrogens is 316 g/mol. The minimum atomic E-state index is 0.0230. The molecule has 4 heterocycles. The number of rotatable bonds is 4. The van der Waals surface area contributed by atoms with E-state index in [1.165, 1.54) is 18.7 Å². The van der Waals surface area contributed by atoms with Crippen LogP contribution in [0.1, 0.15) is 55.2 Å². The van der Waals surface area contributed by atoms with Crippen molar-refractivity contribution in [1.29, 1.82) is 0 Å². The van der Waals surface area contributed by atoms with Crippen molar-refractivity contribution in [3.8, 4) is 0 Å². The first-order valence-corrected chi connectivity index (χ1v) is 9.39. The normalized spacial score (nSPS) is 20.3. The van der Waals surface area contributed by atoms with Gasteiger partial charge in [0.1, 0.15) is 5.82 Å². The fraction of sp³-hybridized carbons (Fsp3) is 0.611. The number of hydrogen-bond acceptors (Lipinski definition) is 3. The van der Waals surface area contributed by atoms with Gasteiger partial charge in [-0.25, -0.2) is 9.78 Å². The van der Waals surface area contributed by atoms with E-state index in [0.29, 0.717) is 6.54 Å². The Morgan fingerprint density at radius 1 is 1.28 bits per heavy atom. The second-order valence-electron chi connectivity index (χ2n) is 7.02. The molecule has 0 aliphatic carbocycles. The molecule has 0 spiro atoms. The number of amides is 2. The lowest BCUT2D eigenvalue weighted by Gasteiger charge is -2.35. The molecule has 2 aliphatic rings. The summed E-state index contributed by atoms with van der Waals surface area (Å²) in [7, 11) is 0. The average Bonchev–Trinajstić information content (AvgIpc) is 3.31. The third kappa shape index (κ3) is 3.55. The number of hydrogen-bond donors (Lipinski definition) is 2. The van der Waals surface area contributed by atoms with Gasteiger partial charge < -0.3 is 14.8 Å². The topological polar surface area (TPSA) is 78.8 Å². The van der Waals surface area contributed by atoms with Crippen molar-refractivity contribution < 1.29 is 4.79 Å². The zero-order chi connectivity index (χ0) is 17.1. The number of carbonyl (C=O) groups is 1. The Morgan fingerprint density at radius 2 is 2.20 bits per heavy atom. The van der Waals surface area contributed by atoms with Crippen LogP contribution in [-0.4, -0.2) is 43.8 Å². The molecule has 2 aromatic heterocycles. The lowest BCUT2D eigenvalue weighted by Crippen LogP contribution is -2.45. The number of fused-ring (bicyclic) bond motifs is 1. The molecule has 0 saturated carbocycles. The van der Waals surface area contributed by atoms with Crippen LogP contribution in [-0.2, 0) is 19.4 Å². The molecule has 134 valence electrons. The van der Waals surface area contributed by atoms with Gasteiger partial charge in [0, 0.05) is 50.4 Å². The van der Waals surface area contributed by atoms with Crippen LogP contribution >= 0.6 is 0 Å². The van der Waals surface area contributed by atoms with E-state index in [4.69, 9.17) is 4.98 Å². The molecule has 1 saturated heterocycles. The summed E-state index contributed by atoms with van der Waals surface area (Å²) in [6.07, 6.45) is 13.4. The molecule has 2 N–H and O–H groups in total. The van der Waals surface area contributed by atoms with Gasteiger partial charge >= 0.3 is 6.03 Å². The zero-order valence-corrected chi connectivity index (χ0v) is 14.6. The van der Waals surface area contributed by atoms with Crippen molar-refractivity contribution in [1.82, 2.24) is 30.0 Å². The summed E-state index contributed by atoms with van der Waals surface area (Å²) >= 11 is 0. The van der Waals surface area contributed by atoms with Gasteiger partial charge in [0.05, 0.1) is 17.9 Å². The van der Waals surface area contributed by atoms with Crippen molar-refractivity contribution in [3.63, 3.8) is 0 Å². The van der Waals surface area contributed by atoms with Gasteiger partial charge in [-0.1, -0.05) is 0 Å². The lowest BCUT2D eigenvalue weighted by molar-refractivity contribution is 0.151. The highest BCUT2D eigenvalue weighted by molar-refractivity contribution is 5.74. The number of imidazole rings is 1. The summed E-state index contributed by atoms with van der Waals surface area (Å²) in [6.45, 7) is 2.51. The third-order valence-corrected chi connectivity index (χ3v) is 5.28. The Morgan fingerprint density at radius 3 is 3.04 bits per heavy atom. The van der Waals surface area contributed by atoms with Crippen molar-refractivity contribution in [2.24, 2.45) is 0 Å². The van der Waals surface area contributed by atoms with Crippen LogP contribution in [0.25, 0.3) is 0 Å². The largest absolute Gasteiger partial charge is 0.338 e. The van der Waals surface area contributed by atoms with E-state index in [0.717, 1.165) is 56.5 Å². The highest BCUT2D eigenvalue weighted by Crippen LogP contribution is 2.30. The summed E-state index contributed by atoms with van der Waals surface area (Å²) in [4.78, 5) is 19.3. The minimum absolute atomic E-state index is 0.0230. The predicted octanol–water partition coefficient (Wildman–Crippen LogP) is 2.42. The molecule has 0 bridgehead atoms. The Balaban J connectivity index is 1.32. The molecular formula is C18H26N6O. The van der Waals surface area contributed by atoms with Gasteiger partial charge in [0.25, 0.3) is 0 Å². The van der Waals surface area contributed by atoms with Crippen LogP contribution in [0.15, 0.2) is 18.6 Å². The SMILES string of the molecule is O=C(NCCc1cn2c(n1)CCCC2)N1CCCC[C@H]1c1cn[nH]c1. The van der Waals surface area contributed by atoms with Crippen molar-refractivity contribution >= 4 is 6.03 Å². The van der Waals surface area contributed by atoms with Gasteiger partial charge in [0.2, 0.25) is 0 Å². The smallest absolute Gasteiger partial charge is 0.317 e.